The zero-order valence-electron chi connectivity index (χ0n) is 13.3. The van der Waals surface area contributed by atoms with Gasteiger partial charge in [0.15, 0.2) is 0 Å². The van der Waals surface area contributed by atoms with Crippen LogP contribution in [0.5, 0.6) is 0 Å². The van der Waals surface area contributed by atoms with Crippen molar-refractivity contribution in [1.29, 1.82) is 0 Å². The summed E-state index contributed by atoms with van der Waals surface area (Å²) in [6.45, 7) is 2.15. The molecule has 0 aromatic heterocycles. The van der Waals surface area contributed by atoms with E-state index in [0.717, 1.165) is 17.8 Å². The lowest BCUT2D eigenvalue weighted by Crippen LogP contribution is -2.48. The molecular weight excluding hydrogens is 353 g/mol. The summed E-state index contributed by atoms with van der Waals surface area (Å²) in [5, 5.41) is 0.655. The maximum absolute atomic E-state index is 12.8. The average Bonchev–Trinajstić information content (AvgIpc) is 2.61. The molecule has 2 aromatic carbocycles. The van der Waals surface area contributed by atoms with Crippen LogP contribution in [0.4, 0.5) is 18.9 Å². The minimum absolute atomic E-state index is 0.0646. The van der Waals surface area contributed by atoms with Crippen molar-refractivity contribution in [2.75, 3.05) is 31.1 Å². The molecule has 3 rings (SSSR count). The van der Waals surface area contributed by atoms with Gasteiger partial charge < -0.3 is 9.80 Å². The van der Waals surface area contributed by atoms with Gasteiger partial charge in [-0.25, -0.2) is 0 Å². The molecule has 1 saturated heterocycles. The van der Waals surface area contributed by atoms with Crippen LogP contribution in [0.25, 0.3) is 0 Å². The first-order valence-corrected chi connectivity index (χ1v) is 8.19. The van der Waals surface area contributed by atoms with E-state index in [-0.39, 0.29) is 11.5 Å². The fraction of sp³-hybridized carbons (Fsp3) is 0.278. The Bertz CT molecular complexity index is 754. The molecule has 1 aliphatic rings. The third kappa shape index (κ3) is 4.07. The second kappa shape index (κ2) is 6.96. The number of hydrogen-bond donors (Lipinski definition) is 0. The lowest BCUT2D eigenvalue weighted by Gasteiger charge is -2.36. The van der Waals surface area contributed by atoms with Gasteiger partial charge in [0.25, 0.3) is 5.91 Å². The Morgan fingerprint density at radius 1 is 0.960 bits per heavy atom. The largest absolute Gasteiger partial charge is 0.416 e. The summed E-state index contributed by atoms with van der Waals surface area (Å²) in [6, 6.07) is 12.0. The molecule has 1 fully saturated rings. The first kappa shape index (κ1) is 17.6. The van der Waals surface area contributed by atoms with Crippen molar-refractivity contribution in [3.8, 4) is 0 Å². The maximum atomic E-state index is 12.8. The molecule has 7 heteroatoms. The summed E-state index contributed by atoms with van der Waals surface area (Å²) in [5.74, 6) is -0.373. The van der Waals surface area contributed by atoms with Crippen LogP contribution < -0.4 is 4.90 Å². The number of amides is 1. The Kier molecular flexibility index (Phi) is 4.90. The Balaban J connectivity index is 1.66. The van der Waals surface area contributed by atoms with Crippen LogP contribution in [-0.4, -0.2) is 37.0 Å². The Morgan fingerprint density at radius 2 is 1.60 bits per heavy atom. The number of carbonyl (C=O) groups excluding carboxylic acids is 1. The molecule has 2 aromatic rings. The van der Waals surface area contributed by atoms with Gasteiger partial charge in [0, 0.05) is 42.5 Å². The van der Waals surface area contributed by atoms with Gasteiger partial charge in [-0.1, -0.05) is 17.7 Å². The van der Waals surface area contributed by atoms with Crippen molar-refractivity contribution in [2.45, 2.75) is 6.18 Å². The van der Waals surface area contributed by atoms with E-state index in [0.29, 0.717) is 31.2 Å². The lowest BCUT2D eigenvalue weighted by atomic mass is 10.1. The molecule has 0 N–H and O–H groups in total. The Labute approximate surface area is 148 Å². The first-order chi connectivity index (χ1) is 11.8. The molecule has 1 heterocycles. The minimum atomic E-state index is -4.45. The molecule has 0 bridgehead atoms. The Hall–Kier alpha value is -2.21. The maximum Gasteiger partial charge on any atom is 0.416 e. The van der Waals surface area contributed by atoms with E-state index in [4.69, 9.17) is 11.6 Å². The second-order valence-electron chi connectivity index (χ2n) is 5.83. The number of alkyl halides is 3. The molecule has 0 atom stereocenters. The summed E-state index contributed by atoms with van der Waals surface area (Å²) in [5.41, 5.74) is 0.267. The highest BCUT2D eigenvalue weighted by atomic mass is 35.5. The number of anilines is 1. The van der Waals surface area contributed by atoms with Crippen LogP contribution in [0.1, 0.15) is 15.9 Å². The van der Waals surface area contributed by atoms with Crippen LogP contribution in [0, 0.1) is 0 Å². The molecule has 0 saturated carbocycles. The van der Waals surface area contributed by atoms with Gasteiger partial charge in [-0.15, -0.1) is 0 Å². The summed E-state index contributed by atoms with van der Waals surface area (Å²) < 4.78 is 38.4. The van der Waals surface area contributed by atoms with Gasteiger partial charge in [-0.2, -0.15) is 13.2 Å². The highest BCUT2D eigenvalue weighted by Crippen LogP contribution is 2.30. The van der Waals surface area contributed by atoms with Gasteiger partial charge >= 0.3 is 6.18 Å². The van der Waals surface area contributed by atoms with Gasteiger partial charge in [0.1, 0.15) is 0 Å². The predicted molar refractivity (Wildman–Crippen MR) is 91.0 cm³/mol. The van der Waals surface area contributed by atoms with Gasteiger partial charge in [-0.05, 0) is 42.5 Å². The van der Waals surface area contributed by atoms with Crippen molar-refractivity contribution < 1.29 is 18.0 Å². The molecule has 25 heavy (non-hydrogen) atoms. The number of benzene rings is 2. The van der Waals surface area contributed by atoms with Crippen molar-refractivity contribution in [3.05, 3.63) is 64.7 Å². The standard InChI is InChI=1S/C18H16ClF3N2O/c19-15-4-6-16(7-5-15)23-8-10-24(11-9-23)17(25)13-2-1-3-14(12-13)18(20,21)22/h1-7,12H,8-11H2. The van der Waals surface area contributed by atoms with Crippen molar-refractivity contribution in [3.63, 3.8) is 0 Å². The zero-order valence-corrected chi connectivity index (χ0v) is 14.0. The normalized spacial score (nSPS) is 15.4. The predicted octanol–water partition coefficient (Wildman–Crippen LogP) is 4.32. The van der Waals surface area contributed by atoms with Crippen LogP contribution in [0.15, 0.2) is 48.5 Å². The van der Waals surface area contributed by atoms with Crippen LogP contribution in [0.2, 0.25) is 5.02 Å². The van der Waals surface area contributed by atoms with E-state index in [2.05, 4.69) is 4.90 Å². The molecule has 1 amide bonds. The molecule has 1 aliphatic heterocycles. The van der Waals surface area contributed by atoms with Crippen molar-refractivity contribution in [2.24, 2.45) is 0 Å². The van der Waals surface area contributed by atoms with Gasteiger partial charge in [-0.3, -0.25) is 4.79 Å². The highest BCUT2D eigenvalue weighted by Gasteiger charge is 2.31. The van der Waals surface area contributed by atoms with E-state index in [1.54, 1.807) is 17.0 Å². The fourth-order valence-corrected chi connectivity index (χ4v) is 2.96. The number of rotatable bonds is 2. The van der Waals surface area contributed by atoms with Gasteiger partial charge in [0.2, 0.25) is 0 Å². The van der Waals surface area contributed by atoms with Crippen LogP contribution in [0.3, 0.4) is 0 Å². The average molecular weight is 369 g/mol. The summed E-state index contributed by atoms with van der Waals surface area (Å²) in [7, 11) is 0. The van der Waals surface area contributed by atoms with E-state index in [1.165, 1.54) is 12.1 Å². The lowest BCUT2D eigenvalue weighted by molar-refractivity contribution is -0.137. The second-order valence-corrected chi connectivity index (χ2v) is 6.27. The molecule has 3 nitrogen and oxygen atoms in total. The third-order valence-corrected chi connectivity index (χ3v) is 4.45. The molecule has 132 valence electrons. The first-order valence-electron chi connectivity index (χ1n) is 7.81. The van der Waals surface area contributed by atoms with E-state index < -0.39 is 11.7 Å². The zero-order chi connectivity index (χ0) is 18.0. The summed E-state index contributed by atoms with van der Waals surface area (Å²) >= 11 is 5.88. The third-order valence-electron chi connectivity index (χ3n) is 4.20. The molecule has 0 spiro atoms. The molecular formula is C18H16ClF3N2O. The van der Waals surface area contributed by atoms with Gasteiger partial charge in [0.05, 0.1) is 5.56 Å². The minimum Gasteiger partial charge on any atom is -0.368 e. The smallest absolute Gasteiger partial charge is 0.368 e. The van der Waals surface area contributed by atoms with Crippen LogP contribution >= 0.6 is 11.6 Å². The molecule has 0 radical (unpaired) electrons. The quantitative estimate of drug-likeness (QED) is 0.788. The van der Waals surface area contributed by atoms with Crippen LogP contribution in [-0.2, 0) is 6.18 Å². The molecule has 0 aliphatic carbocycles. The summed E-state index contributed by atoms with van der Waals surface area (Å²) in [6.07, 6.45) is -4.45. The monoisotopic (exact) mass is 368 g/mol. The fourth-order valence-electron chi connectivity index (χ4n) is 2.83. The number of hydrogen-bond acceptors (Lipinski definition) is 2. The van der Waals surface area contributed by atoms with E-state index in [1.807, 2.05) is 12.1 Å². The van der Waals surface area contributed by atoms with E-state index >= 15 is 0 Å². The number of piperazine rings is 1. The molecule has 0 unspecified atom stereocenters. The van der Waals surface area contributed by atoms with Crippen molar-refractivity contribution in [1.82, 2.24) is 4.90 Å². The SMILES string of the molecule is O=C(c1cccc(C(F)(F)F)c1)N1CCN(c2ccc(Cl)cc2)CC1. The highest BCUT2D eigenvalue weighted by molar-refractivity contribution is 6.30. The number of nitrogens with zero attached hydrogens (tertiary/aromatic N) is 2. The van der Waals surface area contributed by atoms with Crippen molar-refractivity contribution >= 4 is 23.2 Å². The topological polar surface area (TPSA) is 23.6 Å². The number of halogens is 4. The van der Waals surface area contributed by atoms with E-state index in [9.17, 15) is 18.0 Å². The number of carbonyl (C=O) groups is 1. The Morgan fingerprint density at radius 3 is 2.20 bits per heavy atom. The summed E-state index contributed by atoms with van der Waals surface area (Å²) in [4.78, 5) is 16.2.